The van der Waals surface area contributed by atoms with Crippen LogP contribution in [0.25, 0.3) is 0 Å². The third-order valence-electron chi connectivity index (χ3n) is 3.81. The van der Waals surface area contributed by atoms with Gasteiger partial charge in [0, 0.05) is 5.69 Å². The molecule has 0 amide bonds. The fourth-order valence-corrected chi connectivity index (χ4v) is 2.72. The number of aliphatic carboxylic acids is 1. The van der Waals surface area contributed by atoms with Gasteiger partial charge in [-0.1, -0.05) is 12.2 Å². The maximum atomic E-state index is 11.5. The number of methoxy groups -OCH3 is 1. The summed E-state index contributed by atoms with van der Waals surface area (Å²) in [6.45, 7) is 4.00. The first-order chi connectivity index (χ1) is 9.60. The number of carbonyl (C=O) groups is 1. The Labute approximate surface area is 119 Å². The van der Waals surface area contributed by atoms with Crippen molar-refractivity contribution in [1.82, 2.24) is 0 Å². The lowest BCUT2D eigenvalue weighted by molar-refractivity contribution is -0.139. The molecule has 1 aromatic carbocycles. The van der Waals surface area contributed by atoms with E-state index in [1.807, 2.05) is 24.3 Å². The third-order valence-corrected chi connectivity index (χ3v) is 3.81. The molecule has 1 aromatic rings. The first kappa shape index (κ1) is 14.4. The van der Waals surface area contributed by atoms with Gasteiger partial charge in [-0.2, -0.15) is 0 Å². The molecule has 108 valence electrons. The highest BCUT2D eigenvalue weighted by Crippen LogP contribution is 2.31. The van der Waals surface area contributed by atoms with Crippen LogP contribution in [0.2, 0.25) is 0 Å². The van der Waals surface area contributed by atoms with Gasteiger partial charge in [-0.25, -0.2) is 4.79 Å². The van der Waals surface area contributed by atoms with Crippen molar-refractivity contribution in [2.45, 2.75) is 31.7 Å². The van der Waals surface area contributed by atoms with Gasteiger partial charge in [0.2, 0.25) is 0 Å². The summed E-state index contributed by atoms with van der Waals surface area (Å²) in [6, 6.07) is 6.75. The molecule has 0 saturated heterocycles. The van der Waals surface area contributed by atoms with Crippen molar-refractivity contribution in [2.24, 2.45) is 5.92 Å². The van der Waals surface area contributed by atoms with Crippen LogP contribution in [0.3, 0.4) is 0 Å². The Bertz CT molecular complexity index is 481. The van der Waals surface area contributed by atoms with Crippen molar-refractivity contribution >= 4 is 11.7 Å². The molecule has 0 aromatic heterocycles. The highest BCUT2D eigenvalue weighted by molar-refractivity contribution is 5.78. The molecule has 0 radical (unpaired) electrons. The zero-order chi connectivity index (χ0) is 14.5. The van der Waals surface area contributed by atoms with E-state index < -0.39 is 12.0 Å². The molecule has 0 bridgehead atoms. The van der Waals surface area contributed by atoms with Crippen LogP contribution < -0.4 is 10.1 Å². The number of allylic oxidation sites excluding steroid dienone is 1. The molecule has 20 heavy (non-hydrogen) atoms. The Morgan fingerprint density at radius 2 is 2.15 bits per heavy atom. The summed E-state index contributed by atoms with van der Waals surface area (Å²) in [4.78, 5) is 11.5. The minimum Gasteiger partial charge on any atom is -0.497 e. The summed E-state index contributed by atoms with van der Waals surface area (Å²) in [5.41, 5.74) is 1.96. The van der Waals surface area contributed by atoms with Crippen LogP contribution in [0.1, 0.15) is 25.7 Å². The van der Waals surface area contributed by atoms with Crippen LogP contribution in [0, 0.1) is 5.92 Å². The fraction of sp³-hybridized carbons (Fsp3) is 0.438. The molecule has 4 nitrogen and oxygen atoms in total. The number of nitrogens with one attached hydrogen (secondary N) is 1. The van der Waals surface area contributed by atoms with E-state index in [0.29, 0.717) is 0 Å². The van der Waals surface area contributed by atoms with Crippen molar-refractivity contribution in [3.8, 4) is 5.75 Å². The number of carboxylic acids is 1. The first-order valence-electron chi connectivity index (χ1n) is 6.90. The van der Waals surface area contributed by atoms with E-state index in [9.17, 15) is 9.90 Å². The number of rotatable bonds is 5. The molecule has 1 fully saturated rings. The number of carboxylic acid groups (broad SMARTS) is 1. The van der Waals surface area contributed by atoms with E-state index in [2.05, 4.69) is 11.9 Å². The quantitative estimate of drug-likeness (QED) is 0.809. The lowest BCUT2D eigenvalue weighted by atomic mass is 9.81. The molecule has 1 aliphatic rings. The highest BCUT2D eigenvalue weighted by atomic mass is 16.5. The first-order valence-corrected chi connectivity index (χ1v) is 6.90. The number of anilines is 1. The van der Waals surface area contributed by atoms with Gasteiger partial charge in [-0.3, -0.25) is 0 Å². The molecular weight excluding hydrogens is 254 g/mol. The van der Waals surface area contributed by atoms with Crippen molar-refractivity contribution in [2.75, 3.05) is 12.4 Å². The van der Waals surface area contributed by atoms with E-state index in [1.54, 1.807) is 7.11 Å². The Kier molecular flexibility index (Phi) is 4.66. The molecule has 0 heterocycles. The van der Waals surface area contributed by atoms with E-state index in [1.165, 1.54) is 0 Å². The zero-order valence-electron chi connectivity index (χ0n) is 11.8. The molecule has 4 heteroatoms. The molecule has 1 saturated carbocycles. The second kappa shape index (κ2) is 6.46. The predicted molar refractivity (Wildman–Crippen MR) is 79.1 cm³/mol. The standard InChI is InChI=1S/C16H21NO3/c1-11-4-3-5-12(10-11)15(16(18)19)17-13-6-8-14(20-2)9-7-13/h6-9,12,15,17H,1,3-5,10H2,2H3,(H,18,19)/t12-,15-/m0/s1. The van der Waals surface area contributed by atoms with Crippen LogP contribution in [0.15, 0.2) is 36.4 Å². The summed E-state index contributed by atoms with van der Waals surface area (Å²) in [5.74, 6) is 0.0600. The monoisotopic (exact) mass is 275 g/mol. The van der Waals surface area contributed by atoms with Gasteiger partial charge in [0.15, 0.2) is 0 Å². The van der Waals surface area contributed by atoms with E-state index in [0.717, 1.165) is 42.7 Å². The van der Waals surface area contributed by atoms with Crippen molar-refractivity contribution in [3.63, 3.8) is 0 Å². The summed E-state index contributed by atoms with van der Waals surface area (Å²) >= 11 is 0. The number of hydrogen-bond acceptors (Lipinski definition) is 3. The molecule has 0 spiro atoms. The molecule has 1 aliphatic carbocycles. The van der Waals surface area contributed by atoms with Crippen LogP contribution in [0.5, 0.6) is 5.75 Å². The van der Waals surface area contributed by atoms with Crippen LogP contribution in [-0.4, -0.2) is 24.2 Å². The Morgan fingerprint density at radius 1 is 1.45 bits per heavy atom. The largest absolute Gasteiger partial charge is 0.497 e. The maximum Gasteiger partial charge on any atom is 0.326 e. The molecule has 0 unspecified atom stereocenters. The Morgan fingerprint density at radius 3 is 2.70 bits per heavy atom. The maximum absolute atomic E-state index is 11.5. The fourth-order valence-electron chi connectivity index (χ4n) is 2.72. The highest BCUT2D eigenvalue weighted by Gasteiger charge is 2.30. The van der Waals surface area contributed by atoms with Gasteiger partial charge in [0.05, 0.1) is 7.11 Å². The number of hydrogen-bond donors (Lipinski definition) is 2. The minimum atomic E-state index is -0.805. The van der Waals surface area contributed by atoms with Gasteiger partial charge < -0.3 is 15.2 Å². The molecule has 0 aliphatic heterocycles. The second-order valence-electron chi connectivity index (χ2n) is 5.30. The zero-order valence-corrected chi connectivity index (χ0v) is 11.8. The van der Waals surface area contributed by atoms with Crippen molar-refractivity contribution in [3.05, 3.63) is 36.4 Å². The van der Waals surface area contributed by atoms with Crippen molar-refractivity contribution in [1.29, 1.82) is 0 Å². The third kappa shape index (κ3) is 3.53. The molecule has 2 rings (SSSR count). The lowest BCUT2D eigenvalue weighted by Gasteiger charge is -2.29. The smallest absolute Gasteiger partial charge is 0.326 e. The van der Waals surface area contributed by atoms with E-state index >= 15 is 0 Å². The average molecular weight is 275 g/mol. The number of ether oxygens (including phenoxy) is 1. The predicted octanol–water partition coefficient (Wildman–Crippen LogP) is 3.31. The van der Waals surface area contributed by atoms with Gasteiger partial charge >= 0.3 is 5.97 Å². The van der Waals surface area contributed by atoms with Crippen molar-refractivity contribution < 1.29 is 14.6 Å². The van der Waals surface area contributed by atoms with Crippen LogP contribution >= 0.6 is 0 Å². The van der Waals surface area contributed by atoms with Gasteiger partial charge in [-0.05, 0) is 55.9 Å². The molecule has 2 N–H and O–H groups in total. The Hall–Kier alpha value is -1.97. The van der Waals surface area contributed by atoms with Crippen LogP contribution in [0.4, 0.5) is 5.69 Å². The molecular formula is C16H21NO3. The summed E-state index contributed by atoms with van der Waals surface area (Å²) in [6.07, 6.45) is 3.77. The average Bonchev–Trinajstić information content (AvgIpc) is 2.45. The Balaban J connectivity index is 2.08. The number of benzene rings is 1. The topological polar surface area (TPSA) is 58.6 Å². The lowest BCUT2D eigenvalue weighted by Crippen LogP contribution is -2.38. The second-order valence-corrected chi connectivity index (χ2v) is 5.30. The van der Waals surface area contributed by atoms with Gasteiger partial charge in [0.1, 0.15) is 11.8 Å². The van der Waals surface area contributed by atoms with E-state index in [4.69, 9.17) is 4.74 Å². The van der Waals surface area contributed by atoms with E-state index in [-0.39, 0.29) is 5.92 Å². The summed E-state index contributed by atoms with van der Waals surface area (Å²) < 4.78 is 5.10. The van der Waals surface area contributed by atoms with Crippen LogP contribution in [-0.2, 0) is 4.79 Å². The SMILES string of the molecule is C=C1CCC[C@H]([C@H](Nc2ccc(OC)cc2)C(=O)O)C1. The van der Waals surface area contributed by atoms with Gasteiger partial charge in [0.25, 0.3) is 0 Å². The minimum absolute atomic E-state index is 0.107. The van der Waals surface area contributed by atoms with Gasteiger partial charge in [-0.15, -0.1) is 0 Å². The summed E-state index contributed by atoms with van der Waals surface area (Å²) in [7, 11) is 1.61. The normalized spacial score (nSPS) is 20.2. The molecule has 2 atom stereocenters. The summed E-state index contributed by atoms with van der Waals surface area (Å²) in [5, 5.41) is 12.6.